The highest BCUT2D eigenvalue weighted by Gasteiger charge is 2.47. The van der Waals surface area contributed by atoms with E-state index in [2.05, 4.69) is 42.7 Å². The number of nitrogens with zero attached hydrogens (tertiary/aromatic N) is 3. The van der Waals surface area contributed by atoms with Crippen LogP contribution in [0.1, 0.15) is 6.42 Å². The number of carbonyl (C=O) groups excluding carboxylic acids is 1. The lowest BCUT2D eigenvalue weighted by atomic mass is 9.88. The van der Waals surface area contributed by atoms with Crippen LogP contribution in [0.2, 0.25) is 0 Å². The number of benzene rings is 1. The maximum atomic E-state index is 12.1. The molecule has 1 fully saturated rings. The minimum Gasteiger partial charge on any atom is -0.369 e. The number of nitrogens with two attached hydrogens (primary N) is 2. The Hall–Kier alpha value is -3.51. The molecule has 160 valence electrons. The molecule has 2 aliphatic rings. The Balaban J connectivity index is 1.49. The fourth-order valence-electron chi connectivity index (χ4n) is 4.44. The molecule has 7 N–H and O–H groups in total. The predicted octanol–water partition coefficient (Wildman–Crippen LogP) is 0.832. The van der Waals surface area contributed by atoms with Gasteiger partial charge in [0.05, 0.1) is 17.1 Å². The van der Waals surface area contributed by atoms with Crippen LogP contribution in [-0.2, 0) is 14.8 Å². The van der Waals surface area contributed by atoms with Gasteiger partial charge in [-0.05, 0) is 36.5 Å². The van der Waals surface area contributed by atoms with E-state index in [1.807, 2.05) is 0 Å². The summed E-state index contributed by atoms with van der Waals surface area (Å²) in [5.74, 6) is 0.317. The molecule has 4 atom stereocenters. The highest BCUT2D eigenvalue weighted by Crippen LogP contribution is 2.45. The second-order valence-corrected chi connectivity index (χ2v) is 9.30. The van der Waals surface area contributed by atoms with Gasteiger partial charge in [0, 0.05) is 11.7 Å². The molecule has 2 aliphatic carbocycles. The lowest BCUT2D eigenvalue weighted by molar-refractivity contribution is -0.122. The van der Waals surface area contributed by atoms with E-state index in [0.29, 0.717) is 22.7 Å². The van der Waals surface area contributed by atoms with Crippen molar-refractivity contribution in [3.8, 4) is 0 Å². The number of fused-ring (bicyclic) bond motifs is 3. The number of amides is 1. The maximum absolute atomic E-state index is 12.1. The third-order valence-corrected chi connectivity index (χ3v) is 6.71. The van der Waals surface area contributed by atoms with Crippen LogP contribution in [0.25, 0.3) is 11.2 Å². The van der Waals surface area contributed by atoms with E-state index in [9.17, 15) is 13.2 Å². The van der Waals surface area contributed by atoms with Crippen LogP contribution in [-0.4, -0.2) is 40.3 Å². The van der Waals surface area contributed by atoms with Gasteiger partial charge in [-0.1, -0.05) is 18.2 Å². The van der Waals surface area contributed by atoms with E-state index >= 15 is 0 Å². The van der Waals surface area contributed by atoms with Gasteiger partial charge in [-0.2, -0.15) is 9.97 Å². The number of rotatable bonds is 6. The number of primary sulfonamides is 1. The minimum atomic E-state index is -3.85. The molecule has 3 aromatic rings. The first kappa shape index (κ1) is 19.5. The van der Waals surface area contributed by atoms with Crippen molar-refractivity contribution in [3.63, 3.8) is 0 Å². The third kappa shape index (κ3) is 3.49. The summed E-state index contributed by atoms with van der Waals surface area (Å²) in [6.45, 7) is 0. The van der Waals surface area contributed by atoms with Gasteiger partial charge in [0.2, 0.25) is 21.9 Å². The Morgan fingerprint density at radius 2 is 2.00 bits per heavy atom. The van der Waals surface area contributed by atoms with Crippen molar-refractivity contribution in [2.45, 2.75) is 17.4 Å². The van der Waals surface area contributed by atoms with E-state index in [0.717, 1.165) is 6.42 Å². The zero-order chi connectivity index (χ0) is 21.8. The normalized spacial score (nSPS) is 24.5. The second-order valence-electron chi connectivity index (χ2n) is 7.74. The average Bonchev–Trinajstić information content (AvgIpc) is 3.43. The van der Waals surface area contributed by atoms with Crippen LogP contribution in [0.15, 0.2) is 47.6 Å². The number of sulfonamides is 1. The summed E-state index contributed by atoms with van der Waals surface area (Å²) in [4.78, 5) is 28.1. The van der Waals surface area contributed by atoms with Gasteiger partial charge in [0.15, 0.2) is 11.5 Å². The molecule has 0 spiro atoms. The fourth-order valence-corrected chi connectivity index (χ4v) is 5.00. The summed E-state index contributed by atoms with van der Waals surface area (Å²) in [6, 6.07) is 5.84. The summed E-state index contributed by atoms with van der Waals surface area (Å²) in [5.41, 5.74) is 7.12. The number of aromatic nitrogens is 4. The van der Waals surface area contributed by atoms with Gasteiger partial charge in [0.1, 0.15) is 5.52 Å². The van der Waals surface area contributed by atoms with Crippen molar-refractivity contribution in [1.29, 1.82) is 0 Å². The Kier molecular flexibility index (Phi) is 4.41. The quantitative estimate of drug-likeness (QED) is 0.349. The molecule has 12 heteroatoms. The van der Waals surface area contributed by atoms with Crippen molar-refractivity contribution in [2.24, 2.45) is 28.6 Å². The van der Waals surface area contributed by atoms with Crippen LogP contribution in [0.5, 0.6) is 0 Å². The number of carbonyl (C=O) groups is 1. The molecule has 2 bridgehead atoms. The summed E-state index contributed by atoms with van der Waals surface area (Å²) in [7, 11) is -3.85. The number of hydrogen-bond donors (Lipinski definition) is 5. The van der Waals surface area contributed by atoms with Crippen LogP contribution in [0.4, 0.5) is 17.5 Å². The van der Waals surface area contributed by atoms with Crippen molar-refractivity contribution in [3.05, 3.63) is 42.7 Å². The molecule has 1 amide bonds. The van der Waals surface area contributed by atoms with Crippen molar-refractivity contribution >= 4 is 44.5 Å². The van der Waals surface area contributed by atoms with Crippen molar-refractivity contribution in [2.75, 3.05) is 10.6 Å². The average molecular weight is 440 g/mol. The third-order valence-electron chi connectivity index (χ3n) is 5.80. The molecule has 5 rings (SSSR count). The van der Waals surface area contributed by atoms with E-state index in [-0.39, 0.29) is 40.5 Å². The minimum absolute atomic E-state index is 0.0326. The monoisotopic (exact) mass is 440 g/mol. The van der Waals surface area contributed by atoms with Gasteiger partial charge >= 0.3 is 0 Å². The topological polar surface area (TPSA) is 182 Å². The number of allylic oxidation sites excluding steroid dienone is 1. The van der Waals surface area contributed by atoms with Gasteiger partial charge in [0.25, 0.3) is 0 Å². The molecule has 1 saturated carbocycles. The Bertz CT molecular complexity index is 1320. The first-order valence-electron chi connectivity index (χ1n) is 9.65. The van der Waals surface area contributed by atoms with Gasteiger partial charge in [-0.25, -0.2) is 18.5 Å². The van der Waals surface area contributed by atoms with Crippen LogP contribution >= 0.6 is 0 Å². The van der Waals surface area contributed by atoms with E-state index in [1.54, 1.807) is 12.1 Å². The molecule has 11 nitrogen and oxygen atoms in total. The summed E-state index contributed by atoms with van der Waals surface area (Å²) < 4.78 is 23.2. The lowest BCUT2D eigenvalue weighted by Crippen LogP contribution is -2.41. The number of H-pyrrole nitrogens is 1. The standard InChI is InChI=1S/C19H20N8O3S/c20-16(28)13-9-4-5-10(6-9)14(13)25-18-15-17(23-8-22-15)26-19(27-18)24-11-2-1-3-12(7-11)31(21,29)30/h1-5,7-10,13-14H,6H2,(H2,20,28)(H2,21,29,30)(H3,22,23,24,25,26,27)/t9-,10-,13-,14+/m0/s1. The molecule has 2 aromatic heterocycles. The van der Waals surface area contributed by atoms with Gasteiger partial charge in [-0.3, -0.25) is 4.79 Å². The zero-order valence-corrected chi connectivity index (χ0v) is 17.0. The summed E-state index contributed by atoms with van der Waals surface area (Å²) in [6.07, 6.45) is 6.52. The molecule has 2 heterocycles. The number of hydrogen-bond acceptors (Lipinski definition) is 8. The first-order chi connectivity index (χ1) is 14.8. The Labute approximate surface area is 177 Å². The van der Waals surface area contributed by atoms with E-state index in [1.165, 1.54) is 18.5 Å². The van der Waals surface area contributed by atoms with Crippen molar-refractivity contribution in [1.82, 2.24) is 19.9 Å². The summed E-state index contributed by atoms with van der Waals surface area (Å²) in [5, 5.41) is 11.6. The molecular weight excluding hydrogens is 420 g/mol. The number of primary amides is 1. The molecule has 1 aromatic carbocycles. The number of nitrogens with one attached hydrogen (secondary N) is 3. The molecule has 0 unspecified atom stereocenters. The fraction of sp³-hybridized carbons (Fsp3) is 0.263. The zero-order valence-electron chi connectivity index (χ0n) is 16.2. The molecule has 0 aliphatic heterocycles. The molecular formula is C19H20N8O3S. The lowest BCUT2D eigenvalue weighted by Gasteiger charge is -2.27. The Morgan fingerprint density at radius 3 is 2.77 bits per heavy atom. The number of aromatic amines is 1. The molecule has 0 saturated heterocycles. The Morgan fingerprint density at radius 1 is 1.19 bits per heavy atom. The maximum Gasteiger partial charge on any atom is 0.238 e. The van der Waals surface area contributed by atoms with Gasteiger partial charge < -0.3 is 21.4 Å². The highest BCUT2D eigenvalue weighted by atomic mass is 32.2. The first-order valence-corrected chi connectivity index (χ1v) is 11.2. The molecule has 31 heavy (non-hydrogen) atoms. The molecule has 0 radical (unpaired) electrons. The van der Waals surface area contributed by atoms with Crippen molar-refractivity contribution < 1.29 is 13.2 Å². The van der Waals surface area contributed by atoms with Crippen LogP contribution in [0, 0.1) is 17.8 Å². The predicted molar refractivity (Wildman–Crippen MR) is 114 cm³/mol. The number of anilines is 3. The SMILES string of the molecule is NC(=O)[C@@H]1[C@H](Nc2nc(Nc3cccc(S(N)(=O)=O)c3)nc3nc[nH]c23)[C@H]2C=C[C@H]1C2. The number of imidazole rings is 1. The van der Waals surface area contributed by atoms with Crippen LogP contribution in [0.3, 0.4) is 0 Å². The highest BCUT2D eigenvalue weighted by molar-refractivity contribution is 7.89. The van der Waals surface area contributed by atoms with E-state index in [4.69, 9.17) is 10.9 Å². The largest absolute Gasteiger partial charge is 0.369 e. The van der Waals surface area contributed by atoms with Crippen LogP contribution < -0.4 is 21.5 Å². The smallest absolute Gasteiger partial charge is 0.238 e. The summed E-state index contributed by atoms with van der Waals surface area (Å²) >= 11 is 0. The van der Waals surface area contributed by atoms with E-state index < -0.39 is 10.0 Å². The second kappa shape index (κ2) is 7.03. The van der Waals surface area contributed by atoms with Gasteiger partial charge in [-0.15, -0.1) is 0 Å².